The Kier molecular flexibility index (Phi) is 7.70. The van der Waals surface area contributed by atoms with E-state index in [0.717, 1.165) is 18.8 Å². The summed E-state index contributed by atoms with van der Waals surface area (Å²) in [5.74, 6) is 1.06. The molecule has 0 aromatic heterocycles. The van der Waals surface area contributed by atoms with E-state index < -0.39 is 0 Å². The van der Waals surface area contributed by atoms with Crippen LogP contribution in [0.2, 0.25) is 0 Å². The van der Waals surface area contributed by atoms with Crippen LogP contribution < -0.4 is 19.7 Å². The molecule has 1 atom stereocenters. The van der Waals surface area contributed by atoms with Crippen LogP contribution in [0.3, 0.4) is 0 Å². The van der Waals surface area contributed by atoms with Gasteiger partial charge in [0.1, 0.15) is 6.23 Å². The topological polar surface area (TPSA) is 54.0 Å². The van der Waals surface area contributed by atoms with Crippen LogP contribution in [0.4, 0.5) is 11.4 Å². The van der Waals surface area contributed by atoms with Gasteiger partial charge >= 0.3 is 0 Å². The fraction of sp³-hybridized carbons (Fsp3) is 0.409. The lowest BCUT2D eigenvalue weighted by molar-refractivity contribution is 0.0459. The van der Waals surface area contributed by atoms with Gasteiger partial charge in [0.05, 0.1) is 7.11 Å². The SMILES string of the molecule is CCN(CC)C(C)Oc1cc(NC(=O)c2ccc(N(C)C)cc2)ccc1OC. The molecule has 28 heavy (non-hydrogen) atoms. The third-order valence-corrected chi connectivity index (χ3v) is 4.69. The molecule has 0 aliphatic carbocycles. The maximum absolute atomic E-state index is 12.6. The number of carbonyl (C=O) groups excluding carboxylic acids is 1. The van der Waals surface area contributed by atoms with Gasteiger partial charge in [-0.25, -0.2) is 0 Å². The first kappa shape index (κ1) is 21.6. The van der Waals surface area contributed by atoms with Gasteiger partial charge in [0.15, 0.2) is 11.5 Å². The molecule has 2 aromatic rings. The van der Waals surface area contributed by atoms with Crippen LogP contribution in [-0.2, 0) is 0 Å². The molecule has 2 rings (SSSR count). The van der Waals surface area contributed by atoms with Crippen molar-refractivity contribution in [3.63, 3.8) is 0 Å². The number of hydrogen-bond acceptors (Lipinski definition) is 5. The highest BCUT2D eigenvalue weighted by atomic mass is 16.5. The minimum Gasteiger partial charge on any atom is -0.493 e. The Morgan fingerprint density at radius 3 is 2.21 bits per heavy atom. The first-order valence-electron chi connectivity index (χ1n) is 9.57. The highest BCUT2D eigenvalue weighted by Gasteiger charge is 2.16. The molecule has 0 spiro atoms. The van der Waals surface area contributed by atoms with Gasteiger partial charge in [-0.2, -0.15) is 0 Å². The van der Waals surface area contributed by atoms with Gasteiger partial charge in [-0.3, -0.25) is 9.69 Å². The molecule has 0 aliphatic heterocycles. The van der Waals surface area contributed by atoms with Crippen LogP contribution in [0.1, 0.15) is 31.1 Å². The zero-order chi connectivity index (χ0) is 20.7. The van der Waals surface area contributed by atoms with Crippen LogP contribution in [0.25, 0.3) is 0 Å². The molecule has 0 fully saturated rings. The lowest BCUT2D eigenvalue weighted by atomic mass is 10.2. The Morgan fingerprint density at radius 2 is 1.68 bits per heavy atom. The van der Waals surface area contributed by atoms with Crippen LogP contribution in [0.5, 0.6) is 11.5 Å². The third kappa shape index (κ3) is 5.39. The lowest BCUT2D eigenvalue weighted by Gasteiger charge is -2.27. The zero-order valence-electron chi connectivity index (χ0n) is 17.7. The predicted molar refractivity (Wildman–Crippen MR) is 115 cm³/mol. The largest absolute Gasteiger partial charge is 0.493 e. The van der Waals surface area contributed by atoms with E-state index in [9.17, 15) is 4.79 Å². The van der Waals surface area contributed by atoms with E-state index in [1.807, 2.05) is 50.2 Å². The van der Waals surface area contributed by atoms with E-state index in [1.54, 1.807) is 25.3 Å². The third-order valence-electron chi connectivity index (χ3n) is 4.69. The zero-order valence-corrected chi connectivity index (χ0v) is 17.7. The van der Waals surface area contributed by atoms with Crippen molar-refractivity contribution < 1.29 is 14.3 Å². The molecule has 0 heterocycles. The van der Waals surface area contributed by atoms with Crippen molar-refractivity contribution in [3.8, 4) is 11.5 Å². The molecule has 0 saturated carbocycles. The van der Waals surface area contributed by atoms with Crippen LogP contribution in [-0.4, -0.2) is 51.3 Å². The quantitative estimate of drug-likeness (QED) is 0.659. The van der Waals surface area contributed by atoms with Crippen LogP contribution in [0, 0.1) is 0 Å². The van der Waals surface area contributed by atoms with E-state index in [0.29, 0.717) is 22.7 Å². The molecule has 0 aliphatic rings. The minimum absolute atomic E-state index is 0.103. The normalized spacial score (nSPS) is 11.8. The number of anilines is 2. The fourth-order valence-corrected chi connectivity index (χ4v) is 2.96. The first-order chi connectivity index (χ1) is 13.4. The number of ether oxygens (including phenoxy) is 2. The summed E-state index contributed by atoms with van der Waals surface area (Å²) in [6, 6.07) is 12.9. The number of hydrogen-bond donors (Lipinski definition) is 1. The highest BCUT2D eigenvalue weighted by Crippen LogP contribution is 2.31. The van der Waals surface area contributed by atoms with Crippen molar-refractivity contribution in [1.82, 2.24) is 4.90 Å². The molecule has 0 radical (unpaired) electrons. The summed E-state index contributed by atoms with van der Waals surface area (Å²) in [6.07, 6.45) is -0.103. The van der Waals surface area contributed by atoms with Gasteiger partial charge in [0.25, 0.3) is 5.91 Å². The van der Waals surface area contributed by atoms with E-state index in [1.165, 1.54) is 0 Å². The van der Waals surface area contributed by atoms with Gasteiger partial charge in [0.2, 0.25) is 0 Å². The maximum atomic E-state index is 12.6. The van der Waals surface area contributed by atoms with Crippen LogP contribution in [0.15, 0.2) is 42.5 Å². The first-order valence-corrected chi connectivity index (χ1v) is 9.57. The summed E-state index contributed by atoms with van der Waals surface area (Å²) < 4.78 is 11.5. The molecule has 6 nitrogen and oxygen atoms in total. The number of carbonyl (C=O) groups is 1. The number of methoxy groups -OCH3 is 1. The Labute approximate surface area is 168 Å². The number of rotatable bonds is 9. The summed E-state index contributed by atoms with van der Waals surface area (Å²) in [7, 11) is 5.54. The second-order valence-corrected chi connectivity index (χ2v) is 6.70. The Hall–Kier alpha value is -2.73. The summed E-state index contributed by atoms with van der Waals surface area (Å²) >= 11 is 0. The monoisotopic (exact) mass is 385 g/mol. The summed E-state index contributed by atoms with van der Waals surface area (Å²) in [5.41, 5.74) is 2.30. The van der Waals surface area contributed by atoms with Crippen LogP contribution >= 0.6 is 0 Å². The Morgan fingerprint density at radius 1 is 1.04 bits per heavy atom. The number of nitrogens with zero attached hydrogens (tertiary/aromatic N) is 2. The average Bonchev–Trinajstić information content (AvgIpc) is 2.69. The van der Waals surface area contributed by atoms with Crippen molar-refractivity contribution in [2.45, 2.75) is 27.0 Å². The van der Waals surface area contributed by atoms with Crippen molar-refractivity contribution >= 4 is 17.3 Å². The van der Waals surface area contributed by atoms with Gasteiger partial charge in [0, 0.05) is 37.1 Å². The second kappa shape index (κ2) is 9.99. The Balaban J connectivity index is 2.16. The smallest absolute Gasteiger partial charge is 0.255 e. The number of amides is 1. The molecule has 0 bridgehead atoms. The van der Waals surface area contributed by atoms with E-state index >= 15 is 0 Å². The molecular formula is C22H31N3O3. The summed E-state index contributed by atoms with van der Waals surface area (Å²) in [6.45, 7) is 7.97. The minimum atomic E-state index is -0.168. The average molecular weight is 386 g/mol. The van der Waals surface area contributed by atoms with Gasteiger partial charge in [-0.05, 0) is 56.4 Å². The Bertz CT molecular complexity index is 771. The predicted octanol–water partition coefficient (Wildman–Crippen LogP) is 4.08. The van der Waals surface area contributed by atoms with Crippen molar-refractivity contribution in [3.05, 3.63) is 48.0 Å². The standard InChI is InChI=1S/C22H31N3O3/c1-7-25(8-2)16(3)28-21-15-18(11-14-20(21)27-6)23-22(26)17-9-12-19(13-10-17)24(4)5/h9-16H,7-8H2,1-6H3,(H,23,26). The molecular weight excluding hydrogens is 354 g/mol. The van der Waals surface area contributed by atoms with E-state index in [2.05, 4.69) is 24.1 Å². The molecule has 1 unspecified atom stereocenters. The molecule has 152 valence electrons. The molecule has 1 amide bonds. The molecule has 1 N–H and O–H groups in total. The summed E-state index contributed by atoms with van der Waals surface area (Å²) in [4.78, 5) is 16.8. The lowest BCUT2D eigenvalue weighted by Crippen LogP contribution is -2.36. The van der Waals surface area contributed by atoms with Gasteiger partial charge in [-0.15, -0.1) is 0 Å². The second-order valence-electron chi connectivity index (χ2n) is 6.70. The van der Waals surface area contributed by atoms with Crippen molar-refractivity contribution in [1.29, 1.82) is 0 Å². The number of benzene rings is 2. The van der Waals surface area contributed by atoms with Crippen molar-refractivity contribution in [2.75, 3.05) is 44.5 Å². The summed E-state index contributed by atoms with van der Waals surface area (Å²) in [5, 5.41) is 2.93. The van der Waals surface area contributed by atoms with E-state index in [-0.39, 0.29) is 12.1 Å². The maximum Gasteiger partial charge on any atom is 0.255 e. The van der Waals surface area contributed by atoms with Gasteiger partial charge in [-0.1, -0.05) is 13.8 Å². The van der Waals surface area contributed by atoms with E-state index in [4.69, 9.17) is 9.47 Å². The highest BCUT2D eigenvalue weighted by molar-refractivity contribution is 6.04. The van der Waals surface area contributed by atoms with Crippen molar-refractivity contribution in [2.24, 2.45) is 0 Å². The molecule has 2 aromatic carbocycles. The molecule has 6 heteroatoms. The van der Waals surface area contributed by atoms with Gasteiger partial charge < -0.3 is 19.7 Å². The number of nitrogens with one attached hydrogen (secondary N) is 1. The molecule has 0 saturated heterocycles. The fourth-order valence-electron chi connectivity index (χ4n) is 2.96.